The number of amides is 1. The number of rotatable bonds is 8. The summed E-state index contributed by atoms with van der Waals surface area (Å²) in [5, 5.41) is 12.8. The summed E-state index contributed by atoms with van der Waals surface area (Å²) in [6.07, 6.45) is 2.75. The molecule has 0 saturated carbocycles. The van der Waals surface area contributed by atoms with Crippen molar-refractivity contribution in [2.45, 2.75) is 25.7 Å². The van der Waals surface area contributed by atoms with Crippen molar-refractivity contribution in [3.05, 3.63) is 64.7 Å². The van der Waals surface area contributed by atoms with E-state index in [2.05, 4.69) is 16.4 Å². The quantitative estimate of drug-likeness (QED) is 0.636. The molecule has 1 heterocycles. The molecule has 0 aliphatic carbocycles. The van der Waals surface area contributed by atoms with E-state index in [1.54, 1.807) is 35.6 Å². The first-order valence-corrected chi connectivity index (χ1v) is 9.37. The molecular formula is C20H20N2O3S. The van der Waals surface area contributed by atoms with Gasteiger partial charge in [-0.2, -0.15) is 0 Å². The number of nitrogens with one attached hydrogen (secondary N) is 1. The van der Waals surface area contributed by atoms with Gasteiger partial charge in [0.05, 0.1) is 20.8 Å². The zero-order valence-corrected chi connectivity index (χ0v) is 15.1. The molecular weight excluding hydrogens is 348 g/mol. The van der Waals surface area contributed by atoms with Gasteiger partial charge in [0.25, 0.3) is 0 Å². The molecule has 0 saturated heterocycles. The number of fused-ring (bicyclic) bond motifs is 1. The molecule has 0 atom stereocenters. The SMILES string of the molecule is O=C(CCCc1nc2ccccc2s1)NCCc1ccc(C(=O)O)cc1. The maximum Gasteiger partial charge on any atom is 0.335 e. The third-order valence-corrected chi connectivity index (χ3v) is 5.17. The van der Waals surface area contributed by atoms with Gasteiger partial charge in [0.2, 0.25) is 5.91 Å². The smallest absolute Gasteiger partial charge is 0.335 e. The van der Waals surface area contributed by atoms with E-state index >= 15 is 0 Å². The second kappa shape index (κ2) is 8.58. The summed E-state index contributed by atoms with van der Waals surface area (Å²) in [5.74, 6) is -0.897. The Morgan fingerprint density at radius 1 is 1.04 bits per heavy atom. The molecule has 1 aromatic heterocycles. The van der Waals surface area contributed by atoms with E-state index in [-0.39, 0.29) is 11.5 Å². The standard InChI is InChI=1S/C20H20N2O3S/c23-18(21-13-12-14-8-10-15(11-9-14)20(24)25)6-3-7-19-22-16-4-1-2-5-17(16)26-19/h1-2,4-5,8-11H,3,6-7,12-13H2,(H,21,23)(H,24,25). The predicted octanol–water partition coefficient (Wildman–Crippen LogP) is 3.68. The Hall–Kier alpha value is -2.73. The van der Waals surface area contributed by atoms with Crippen molar-refractivity contribution in [1.82, 2.24) is 10.3 Å². The molecule has 2 N–H and O–H groups in total. The number of hydrogen-bond acceptors (Lipinski definition) is 4. The highest BCUT2D eigenvalue weighted by Crippen LogP contribution is 2.22. The molecule has 0 unspecified atom stereocenters. The maximum absolute atomic E-state index is 11.9. The zero-order valence-electron chi connectivity index (χ0n) is 14.3. The number of carbonyl (C=O) groups is 2. The lowest BCUT2D eigenvalue weighted by molar-refractivity contribution is -0.121. The van der Waals surface area contributed by atoms with Crippen molar-refractivity contribution in [3.63, 3.8) is 0 Å². The Labute approximate surface area is 155 Å². The summed E-state index contributed by atoms with van der Waals surface area (Å²) in [7, 11) is 0. The van der Waals surface area contributed by atoms with Gasteiger partial charge < -0.3 is 10.4 Å². The van der Waals surface area contributed by atoms with Crippen LogP contribution in [0.4, 0.5) is 0 Å². The van der Waals surface area contributed by atoms with Crippen molar-refractivity contribution in [1.29, 1.82) is 0 Å². The number of carboxylic acid groups (broad SMARTS) is 1. The molecule has 26 heavy (non-hydrogen) atoms. The van der Waals surface area contributed by atoms with Gasteiger partial charge in [-0.25, -0.2) is 9.78 Å². The average Bonchev–Trinajstić information content (AvgIpc) is 3.05. The van der Waals surface area contributed by atoms with Crippen LogP contribution in [0.2, 0.25) is 0 Å². The van der Waals surface area contributed by atoms with Crippen LogP contribution in [-0.2, 0) is 17.6 Å². The lowest BCUT2D eigenvalue weighted by Crippen LogP contribution is -2.25. The molecule has 0 fully saturated rings. The van der Waals surface area contributed by atoms with E-state index in [4.69, 9.17) is 5.11 Å². The topological polar surface area (TPSA) is 79.3 Å². The van der Waals surface area contributed by atoms with Crippen LogP contribution in [0.3, 0.4) is 0 Å². The number of thiazole rings is 1. The molecule has 1 amide bonds. The summed E-state index contributed by atoms with van der Waals surface area (Å²) >= 11 is 1.68. The summed E-state index contributed by atoms with van der Waals surface area (Å²) in [6.45, 7) is 0.548. The zero-order chi connectivity index (χ0) is 18.4. The van der Waals surface area contributed by atoms with Gasteiger partial charge in [0.1, 0.15) is 0 Å². The van der Waals surface area contributed by atoms with E-state index < -0.39 is 5.97 Å². The Balaban J connectivity index is 1.37. The molecule has 0 aliphatic heterocycles. The number of benzene rings is 2. The van der Waals surface area contributed by atoms with Gasteiger partial charge in [0.15, 0.2) is 0 Å². The average molecular weight is 368 g/mol. The number of hydrogen-bond donors (Lipinski definition) is 2. The van der Waals surface area contributed by atoms with E-state index in [0.717, 1.165) is 28.9 Å². The van der Waals surface area contributed by atoms with E-state index in [9.17, 15) is 9.59 Å². The lowest BCUT2D eigenvalue weighted by Gasteiger charge is -2.05. The Bertz CT molecular complexity index is 870. The van der Waals surface area contributed by atoms with Crippen molar-refractivity contribution < 1.29 is 14.7 Å². The van der Waals surface area contributed by atoms with Gasteiger partial charge in [-0.3, -0.25) is 4.79 Å². The molecule has 134 valence electrons. The largest absolute Gasteiger partial charge is 0.478 e. The highest BCUT2D eigenvalue weighted by molar-refractivity contribution is 7.18. The van der Waals surface area contributed by atoms with E-state index in [1.807, 2.05) is 18.2 Å². The lowest BCUT2D eigenvalue weighted by atomic mass is 10.1. The highest BCUT2D eigenvalue weighted by atomic mass is 32.1. The van der Waals surface area contributed by atoms with Crippen LogP contribution in [0.15, 0.2) is 48.5 Å². The third kappa shape index (κ3) is 4.89. The Kier molecular flexibility index (Phi) is 5.96. The number of carbonyl (C=O) groups excluding carboxylic acids is 1. The van der Waals surface area contributed by atoms with Gasteiger partial charge in [-0.15, -0.1) is 11.3 Å². The minimum Gasteiger partial charge on any atom is -0.478 e. The van der Waals surface area contributed by atoms with Gasteiger partial charge in [0, 0.05) is 13.0 Å². The molecule has 6 heteroatoms. The van der Waals surface area contributed by atoms with Gasteiger partial charge in [-0.1, -0.05) is 24.3 Å². The van der Waals surface area contributed by atoms with Crippen molar-refractivity contribution in [2.24, 2.45) is 0 Å². The van der Waals surface area contributed by atoms with Crippen molar-refractivity contribution >= 4 is 33.4 Å². The maximum atomic E-state index is 11.9. The molecule has 0 spiro atoms. The molecule has 5 nitrogen and oxygen atoms in total. The van der Waals surface area contributed by atoms with Crippen LogP contribution in [0.1, 0.15) is 33.8 Å². The fraction of sp³-hybridized carbons (Fsp3) is 0.250. The first-order valence-electron chi connectivity index (χ1n) is 8.55. The second-order valence-corrected chi connectivity index (χ2v) is 7.15. The minimum atomic E-state index is -0.932. The fourth-order valence-corrected chi connectivity index (χ4v) is 3.68. The second-order valence-electron chi connectivity index (χ2n) is 6.03. The number of aromatic nitrogens is 1. The van der Waals surface area contributed by atoms with Crippen LogP contribution in [0.25, 0.3) is 10.2 Å². The van der Waals surface area contributed by atoms with Crippen LogP contribution >= 0.6 is 11.3 Å². The first-order chi connectivity index (χ1) is 12.6. The predicted molar refractivity (Wildman–Crippen MR) is 103 cm³/mol. The van der Waals surface area contributed by atoms with Crippen LogP contribution in [0, 0.1) is 0 Å². The van der Waals surface area contributed by atoms with Gasteiger partial charge >= 0.3 is 5.97 Å². The number of carboxylic acids is 1. The summed E-state index contributed by atoms with van der Waals surface area (Å²) in [6, 6.07) is 14.8. The van der Waals surface area contributed by atoms with E-state index in [0.29, 0.717) is 19.4 Å². The van der Waals surface area contributed by atoms with Crippen LogP contribution < -0.4 is 5.32 Å². The van der Waals surface area contributed by atoms with Crippen LogP contribution in [-0.4, -0.2) is 28.5 Å². The highest BCUT2D eigenvalue weighted by Gasteiger charge is 2.06. The Morgan fingerprint density at radius 3 is 2.54 bits per heavy atom. The fourth-order valence-electron chi connectivity index (χ4n) is 2.68. The van der Waals surface area contributed by atoms with Crippen LogP contribution in [0.5, 0.6) is 0 Å². The van der Waals surface area contributed by atoms with E-state index in [1.165, 1.54) is 4.70 Å². The number of nitrogens with zero attached hydrogens (tertiary/aromatic N) is 1. The first kappa shape index (κ1) is 18.1. The minimum absolute atomic E-state index is 0.0354. The van der Waals surface area contributed by atoms with Gasteiger partial charge in [-0.05, 0) is 49.1 Å². The molecule has 0 aliphatic rings. The number of aryl methyl sites for hydroxylation is 1. The molecule has 0 radical (unpaired) electrons. The van der Waals surface area contributed by atoms with Crippen molar-refractivity contribution in [3.8, 4) is 0 Å². The summed E-state index contributed by atoms with van der Waals surface area (Å²) in [4.78, 5) is 27.3. The normalized spacial score (nSPS) is 10.8. The number of aromatic carboxylic acids is 1. The monoisotopic (exact) mass is 368 g/mol. The molecule has 2 aromatic carbocycles. The molecule has 0 bridgehead atoms. The Morgan fingerprint density at radius 2 is 1.81 bits per heavy atom. The molecule has 3 aromatic rings. The summed E-state index contributed by atoms with van der Waals surface area (Å²) < 4.78 is 1.18. The summed E-state index contributed by atoms with van der Waals surface area (Å²) in [5.41, 5.74) is 2.29. The third-order valence-electron chi connectivity index (χ3n) is 4.07. The number of para-hydroxylation sites is 1. The van der Waals surface area contributed by atoms with Crippen molar-refractivity contribution in [2.75, 3.05) is 6.54 Å². The molecule has 3 rings (SSSR count).